The second kappa shape index (κ2) is 11.2. The summed E-state index contributed by atoms with van der Waals surface area (Å²) in [4.78, 5) is 11.4. The fourth-order valence-electron chi connectivity index (χ4n) is 1.87. The monoisotopic (exact) mass is 275 g/mol. The predicted molar refractivity (Wildman–Crippen MR) is 70.1 cm³/mol. The molecule has 6 nitrogen and oxygen atoms in total. The van der Waals surface area contributed by atoms with E-state index in [1.165, 1.54) is 0 Å². The number of ether oxygens (including phenoxy) is 4. The molecule has 0 aromatic rings. The van der Waals surface area contributed by atoms with Crippen molar-refractivity contribution in [3.8, 4) is 0 Å². The molecule has 0 bridgehead atoms. The molecule has 19 heavy (non-hydrogen) atoms. The zero-order valence-corrected chi connectivity index (χ0v) is 11.7. The van der Waals surface area contributed by atoms with Gasteiger partial charge < -0.3 is 24.3 Å². The topological polar surface area (TPSA) is 66.0 Å². The molecular formula is C13H25NO5. The zero-order chi connectivity index (χ0) is 13.8. The van der Waals surface area contributed by atoms with E-state index in [1.807, 2.05) is 0 Å². The third-order valence-electron chi connectivity index (χ3n) is 2.87. The first kappa shape index (κ1) is 16.4. The van der Waals surface area contributed by atoms with Crippen LogP contribution in [0.1, 0.15) is 19.3 Å². The number of carbonyl (C=O) groups excluding carboxylic acids is 1. The lowest BCUT2D eigenvalue weighted by Crippen LogP contribution is -2.26. The molecule has 0 spiro atoms. The summed E-state index contributed by atoms with van der Waals surface area (Å²) in [6.07, 6.45) is 2.66. The van der Waals surface area contributed by atoms with Crippen molar-refractivity contribution in [2.75, 3.05) is 53.3 Å². The molecule has 1 rings (SSSR count). The molecule has 1 heterocycles. The first-order valence-corrected chi connectivity index (χ1v) is 6.86. The van der Waals surface area contributed by atoms with Crippen LogP contribution in [-0.2, 0) is 23.7 Å². The maximum atomic E-state index is 11.4. The minimum absolute atomic E-state index is 0.153. The highest BCUT2D eigenvalue weighted by Gasteiger charge is 2.18. The van der Waals surface area contributed by atoms with Crippen LogP contribution in [0.3, 0.4) is 0 Å². The summed E-state index contributed by atoms with van der Waals surface area (Å²) in [5.74, 6) is -0.153. The van der Waals surface area contributed by atoms with Crippen molar-refractivity contribution in [1.29, 1.82) is 0 Å². The molecule has 6 heteroatoms. The van der Waals surface area contributed by atoms with E-state index in [-0.39, 0.29) is 5.97 Å². The summed E-state index contributed by atoms with van der Waals surface area (Å²) < 4.78 is 20.4. The summed E-state index contributed by atoms with van der Waals surface area (Å²) in [5, 5.41) is 3.26. The summed E-state index contributed by atoms with van der Waals surface area (Å²) in [6.45, 7) is 3.93. The highest BCUT2D eigenvalue weighted by atomic mass is 16.6. The van der Waals surface area contributed by atoms with Gasteiger partial charge in [-0.05, 0) is 19.4 Å². The van der Waals surface area contributed by atoms with Crippen molar-refractivity contribution in [3.63, 3.8) is 0 Å². The van der Waals surface area contributed by atoms with Crippen LogP contribution in [0.2, 0.25) is 0 Å². The smallest absolute Gasteiger partial charge is 0.307 e. The van der Waals surface area contributed by atoms with Crippen LogP contribution in [0.15, 0.2) is 0 Å². The van der Waals surface area contributed by atoms with E-state index in [1.54, 1.807) is 7.11 Å². The molecule has 0 aromatic heterocycles. The largest absolute Gasteiger partial charge is 0.463 e. The molecule has 0 saturated carbocycles. The fourth-order valence-corrected chi connectivity index (χ4v) is 1.87. The second-order valence-corrected chi connectivity index (χ2v) is 4.44. The van der Waals surface area contributed by atoms with E-state index in [0.717, 1.165) is 19.4 Å². The molecule has 1 N–H and O–H groups in total. The van der Waals surface area contributed by atoms with Crippen molar-refractivity contribution >= 4 is 5.97 Å². The normalized spacial score (nSPS) is 18.7. The van der Waals surface area contributed by atoms with E-state index >= 15 is 0 Å². The number of methoxy groups -OCH3 is 1. The van der Waals surface area contributed by atoms with Gasteiger partial charge in [-0.15, -0.1) is 0 Å². The van der Waals surface area contributed by atoms with E-state index in [4.69, 9.17) is 18.9 Å². The van der Waals surface area contributed by atoms with Gasteiger partial charge in [0, 0.05) is 13.2 Å². The summed E-state index contributed by atoms with van der Waals surface area (Å²) in [6, 6.07) is 0.294. The second-order valence-electron chi connectivity index (χ2n) is 4.44. The van der Waals surface area contributed by atoms with E-state index < -0.39 is 0 Å². The lowest BCUT2D eigenvalue weighted by molar-refractivity contribution is -0.145. The average molecular weight is 275 g/mol. The third kappa shape index (κ3) is 8.93. The summed E-state index contributed by atoms with van der Waals surface area (Å²) >= 11 is 0. The van der Waals surface area contributed by atoms with Crippen LogP contribution in [0.25, 0.3) is 0 Å². The molecule has 1 aliphatic heterocycles. The van der Waals surface area contributed by atoms with Gasteiger partial charge in [-0.1, -0.05) is 0 Å². The van der Waals surface area contributed by atoms with Crippen molar-refractivity contribution in [1.82, 2.24) is 5.32 Å². The van der Waals surface area contributed by atoms with Crippen LogP contribution in [-0.4, -0.2) is 65.3 Å². The van der Waals surface area contributed by atoms with Crippen molar-refractivity contribution in [2.45, 2.75) is 25.3 Å². The minimum Gasteiger partial charge on any atom is -0.463 e. The van der Waals surface area contributed by atoms with Gasteiger partial charge in [-0.25, -0.2) is 0 Å². The molecule has 1 unspecified atom stereocenters. The van der Waals surface area contributed by atoms with E-state index in [0.29, 0.717) is 52.1 Å². The Bertz CT molecular complexity index is 231. The van der Waals surface area contributed by atoms with Crippen LogP contribution < -0.4 is 5.32 Å². The third-order valence-corrected chi connectivity index (χ3v) is 2.87. The van der Waals surface area contributed by atoms with Gasteiger partial charge in [0.25, 0.3) is 0 Å². The van der Waals surface area contributed by atoms with E-state index in [9.17, 15) is 4.79 Å². The molecule has 1 aliphatic rings. The van der Waals surface area contributed by atoms with Crippen molar-refractivity contribution in [3.05, 3.63) is 0 Å². The van der Waals surface area contributed by atoms with Gasteiger partial charge in [0.15, 0.2) is 0 Å². The lowest BCUT2D eigenvalue weighted by atomic mass is 10.2. The highest BCUT2D eigenvalue weighted by molar-refractivity contribution is 5.70. The summed E-state index contributed by atoms with van der Waals surface area (Å²) in [7, 11) is 1.63. The van der Waals surface area contributed by atoms with Crippen molar-refractivity contribution in [2.24, 2.45) is 0 Å². The van der Waals surface area contributed by atoms with Gasteiger partial charge in [0.05, 0.1) is 39.5 Å². The average Bonchev–Trinajstić information content (AvgIpc) is 2.89. The Morgan fingerprint density at radius 1 is 1.11 bits per heavy atom. The van der Waals surface area contributed by atoms with E-state index in [2.05, 4.69) is 5.32 Å². The predicted octanol–water partition coefficient (Wildman–Crippen LogP) is 0.351. The first-order chi connectivity index (χ1) is 9.33. The zero-order valence-electron chi connectivity index (χ0n) is 11.7. The Balaban J connectivity index is 1.80. The maximum absolute atomic E-state index is 11.4. The molecule has 0 amide bonds. The Morgan fingerprint density at radius 2 is 1.79 bits per heavy atom. The Kier molecular flexibility index (Phi) is 9.61. The number of esters is 1. The van der Waals surface area contributed by atoms with Gasteiger partial charge in [0.2, 0.25) is 0 Å². The quantitative estimate of drug-likeness (QED) is 0.433. The highest BCUT2D eigenvalue weighted by Crippen LogP contribution is 2.09. The fraction of sp³-hybridized carbons (Fsp3) is 0.923. The van der Waals surface area contributed by atoms with Crippen LogP contribution >= 0.6 is 0 Å². The van der Waals surface area contributed by atoms with Crippen LogP contribution in [0, 0.1) is 0 Å². The first-order valence-electron chi connectivity index (χ1n) is 6.86. The number of nitrogens with one attached hydrogen (secondary N) is 1. The number of hydrogen-bond donors (Lipinski definition) is 1. The van der Waals surface area contributed by atoms with Crippen LogP contribution in [0.4, 0.5) is 0 Å². The molecule has 1 fully saturated rings. The minimum atomic E-state index is -0.153. The number of hydrogen-bond acceptors (Lipinski definition) is 6. The molecule has 1 atom stereocenters. The van der Waals surface area contributed by atoms with Crippen molar-refractivity contribution < 1.29 is 23.7 Å². The number of carbonyl (C=O) groups is 1. The molecular weight excluding hydrogens is 250 g/mol. The maximum Gasteiger partial charge on any atom is 0.307 e. The Morgan fingerprint density at radius 3 is 2.42 bits per heavy atom. The molecule has 112 valence electrons. The molecule has 0 aliphatic carbocycles. The summed E-state index contributed by atoms with van der Waals surface area (Å²) in [5.41, 5.74) is 0. The van der Waals surface area contributed by atoms with Gasteiger partial charge in [-0.3, -0.25) is 4.79 Å². The lowest BCUT2D eigenvalue weighted by Gasteiger charge is -2.10. The Hall–Kier alpha value is -0.690. The molecule has 1 saturated heterocycles. The van der Waals surface area contributed by atoms with Gasteiger partial charge in [-0.2, -0.15) is 0 Å². The molecule has 0 radical (unpaired) electrons. The standard InChI is InChI=1S/C13H25NO5/c1-16-5-6-17-7-8-18-9-10-19-13(15)11-12-3-2-4-14-12/h12,14H,2-11H2,1H3. The Labute approximate surface area is 114 Å². The van der Waals surface area contributed by atoms with Gasteiger partial charge in [0.1, 0.15) is 6.61 Å². The number of rotatable bonds is 11. The SMILES string of the molecule is COCCOCCOCCOC(=O)CC1CCCN1. The van der Waals surface area contributed by atoms with Crippen LogP contribution in [0.5, 0.6) is 0 Å². The molecule has 0 aromatic carbocycles. The van der Waals surface area contributed by atoms with Gasteiger partial charge >= 0.3 is 5.97 Å².